The van der Waals surface area contributed by atoms with Gasteiger partial charge in [-0.05, 0) is 43.0 Å². The third kappa shape index (κ3) is 3.36. The van der Waals surface area contributed by atoms with Gasteiger partial charge in [-0.15, -0.1) is 10.2 Å². The normalized spacial score (nSPS) is 14.3. The first kappa shape index (κ1) is 18.2. The maximum atomic E-state index is 13.7. The van der Waals surface area contributed by atoms with E-state index in [9.17, 15) is 14.0 Å². The molecule has 9 heteroatoms. The second-order valence-electron chi connectivity index (χ2n) is 5.95. The molecule has 1 aliphatic rings. The summed E-state index contributed by atoms with van der Waals surface area (Å²) in [5.41, 5.74) is 0.762. The fraction of sp³-hybridized carbons (Fsp3) is 0.158. The number of hydrogen-bond acceptors (Lipinski definition) is 7. The van der Waals surface area contributed by atoms with Crippen LogP contribution < -0.4 is 4.74 Å². The summed E-state index contributed by atoms with van der Waals surface area (Å²) in [6.07, 6.45) is -0.668. The summed E-state index contributed by atoms with van der Waals surface area (Å²) in [5.74, 6) is -0.930. The molecular formula is C19H14FN3O4S. The van der Waals surface area contributed by atoms with Crippen molar-refractivity contribution in [3.05, 3.63) is 71.4 Å². The number of carbonyl (C=O) groups excluding carboxylic acids is 2. The zero-order valence-electron chi connectivity index (χ0n) is 14.7. The van der Waals surface area contributed by atoms with Crippen LogP contribution in [0.2, 0.25) is 0 Å². The quantitative estimate of drug-likeness (QED) is 0.461. The van der Waals surface area contributed by atoms with Gasteiger partial charge in [0.2, 0.25) is 0 Å². The number of amides is 2. The van der Waals surface area contributed by atoms with E-state index in [0.29, 0.717) is 11.1 Å². The van der Waals surface area contributed by atoms with Crippen molar-refractivity contribution >= 4 is 23.6 Å². The molecule has 4 rings (SSSR count). The maximum Gasteiger partial charge on any atom is 0.278 e. The third-order valence-corrected chi connectivity index (χ3v) is 4.90. The number of hydrogen-bond donors (Lipinski definition) is 0. The van der Waals surface area contributed by atoms with Crippen LogP contribution in [0.25, 0.3) is 0 Å². The summed E-state index contributed by atoms with van der Waals surface area (Å²) in [6.45, 7) is 1.65. The number of thioether (sulfide) groups is 1. The van der Waals surface area contributed by atoms with Crippen LogP contribution >= 0.6 is 11.8 Å². The SMILES string of the molecule is C[C@@H](Oc1ccccc1F)c1nnc(SCN2C(=O)c3ccccc3C2=O)o1. The van der Waals surface area contributed by atoms with Crippen molar-refractivity contribution in [2.45, 2.75) is 18.3 Å². The Hall–Kier alpha value is -3.20. The Morgan fingerprint density at radius 1 is 1.07 bits per heavy atom. The van der Waals surface area contributed by atoms with Crippen molar-refractivity contribution in [1.29, 1.82) is 0 Å². The molecule has 0 spiro atoms. The second-order valence-corrected chi connectivity index (χ2v) is 6.85. The van der Waals surface area contributed by atoms with E-state index in [2.05, 4.69) is 10.2 Å². The molecule has 1 aromatic heterocycles. The van der Waals surface area contributed by atoms with Crippen LogP contribution in [-0.2, 0) is 0 Å². The van der Waals surface area contributed by atoms with Crippen molar-refractivity contribution in [1.82, 2.24) is 15.1 Å². The van der Waals surface area contributed by atoms with Crippen LogP contribution in [-0.4, -0.2) is 32.8 Å². The Labute approximate surface area is 163 Å². The summed E-state index contributed by atoms with van der Waals surface area (Å²) in [7, 11) is 0. The van der Waals surface area contributed by atoms with E-state index >= 15 is 0 Å². The monoisotopic (exact) mass is 399 g/mol. The zero-order chi connectivity index (χ0) is 19.7. The van der Waals surface area contributed by atoms with E-state index in [0.717, 1.165) is 16.7 Å². The summed E-state index contributed by atoms with van der Waals surface area (Å²) in [5, 5.41) is 7.95. The minimum atomic E-state index is -0.668. The smallest absolute Gasteiger partial charge is 0.278 e. The minimum Gasteiger partial charge on any atom is -0.478 e. The predicted octanol–water partition coefficient (Wildman–Crippen LogP) is 3.69. The Morgan fingerprint density at radius 3 is 2.39 bits per heavy atom. The first-order chi connectivity index (χ1) is 13.5. The van der Waals surface area contributed by atoms with E-state index in [-0.39, 0.29) is 34.6 Å². The molecule has 2 amide bonds. The van der Waals surface area contributed by atoms with Gasteiger partial charge >= 0.3 is 0 Å². The van der Waals surface area contributed by atoms with Gasteiger partial charge in [0.25, 0.3) is 22.9 Å². The lowest BCUT2D eigenvalue weighted by molar-refractivity contribution is 0.0683. The Bertz CT molecular complexity index is 1020. The molecule has 1 aliphatic heterocycles. The molecule has 0 unspecified atom stereocenters. The van der Waals surface area contributed by atoms with Gasteiger partial charge < -0.3 is 9.15 Å². The van der Waals surface area contributed by atoms with Gasteiger partial charge in [0.05, 0.1) is 17.0 Å². The molecule has 2 heterocycles. The van der Waals surface area contributed by atoms with Crippen LogP contribution in [0.4, 0.5) is 4.39 Å². The highest BCUT2D eigenvalue weighted by Gasteiger charge is 2.35. The molecule has 3 aromatic rings. The number of benzene rings is 2. The molecule has 0 radical (unpaired) electrons. The number of nitrogens with zero attached hydrogens (tertiary/aromatic N) is 3. The molecule has 0 saturated carbocycles. The summed E-state index contributed by atoms with van der Waals surface area (Å²) in [4.78, 5) is 25.8. The molecule has 0 saturated heterocycles. The Morgan fingerprint density at radius 2 is 1.71 bits per heavy atom. The van der Waals surface area contributed by atoms with Gasteiger partial charge in [-0.2, -0.15) is 0 Å². The molecule has 28 heavy (non-hydrogen) atoms. The lowest BCUT2D eigenvalue weighted by Gasteiger charge is -2.12. The van der Waals surface area contributed by atoms with E-state index < -0.39 is 11.9 Å². The van der Waals surface area contributed by atoms with Crippen molar-refractivity contribution in [2.75, 3.05) is 5.88 Å². The first-order valence-electron chi connectivity index (χ1n) is 8.37. The molecule has 0 bridgehead atoms. The molecule has 142 valence electrons. The Kier molecular flexibility index (Phi) is 4.82. The topological polar surface area (TPSA) is 85.5 Å². The van der Waals surface area contributed by atoms with Gasteiger partial charge in [0, 0.05) is 0 Å². The Balaban J connectivity index is 1.40. The number of fused-ring (bicyclic) bond motifs is 1. The van der Waals surface area contributed by atoms with Crippen molar-refractivity contribution in [3.63, 3.8) is 0 Å². The molecule has 2 aromatic carbocycles. The predicted molar refractivity (Wildman–Crippen MR) is 97.4 cm³/mol. The lowest BCUT2D eigenvalue weighted by atomic mass is 10.1. The van der Waals surface area contributed by atoms with Gasteiger partial charge in [-0.25, -0.2) is 4.39 Å². The molecule has 7 nitrogen and oxygen atoms in total. The van der Waals surface area contributed by atoms with Gasteiger partial charge in [-0.1, -0.05) is 24.3 Å². The van der Waals surface area contributed by atoms with Gasteiger partial charge in [-0.3, -0.25) is 14.5 Å². The highest BCUT2D eigenvalue weighted by atomic mass is 32.2. The summed E-state index contributed by atoms with van der Waals surface area (Å²) in [6, 6.07) is 12.7. The number of imide groups is 1. The third-order valence-electron chi connectivity index (χ3n) is 4.11. The highest BCUT2D eigenvalue weighted by molar-refractivity contribution is 7.99. The summed E-state index contributed by atoms with van der Waals surface area (Å²) >= 11 is 1.06. The molecule has 0 fully saturated rings. The number of halogens is 1. The number of ether oxygens (including phenoxy) is 1. The van der Waals surface area contributed by atoms with E-state index in [1.807, 2.05) is 0 Å². The molecule has 0 N–H and O–H groups in total. The highest BCUT2D eigenvalue weighted by Crippen LogP contribution is 2.28. The average molecular weight is 399 g/mol. The average Bonchev–Trinajstić information content (AvgIpc) is 3.27. The fourth-order valence-corrected chi connectivity index (χ4v) is 3.42. The second kappa shape index (κ2) is 7.43. The lowest BCUT2D eigenvalue weighted by Crippen LogP contribution is -2.29. The molecular weight excluding hydrogens is 385 g/mol. The number of rotatable bonds is 6. The van der Waals surface area contributed by atoms with Gasteiger partial charge in [0.1, 0.15) is 0 Å². The minimum absolute atomic E-state index is 0.0382. The first-order valence-corrected chi connectivity index (χ1v) is 9.36. The van der Waals surface area contributed by atoms with Crippen LogP contribution in [0, 0.1) is 5.82 Å². The molecule has 0 aliphatic carbocycles. The number of aromatic nitrogens is 2. The van der Waals surface area contributed by atoms with E-state index in [4.69, 9.17) is 9.15 Å². The largest absolute Gasteiger partial charge is 0.478 e. The van der Waals surface area contributed by atoms with Crippen LogP contribution in [0.1, 0.15) is 39.6 Å². The summed E-state index contributed by atoms with van der Waals surface area (Å²) < 4.78 is 24.7. The standard InChI is InChI=1S/C19H14FN3O4S/c1-11(26-15-9-5-4-8-14(15)20)16-21-22-19(27-16)28-10-23-17(24)12-6-2-3-7-13(12)18(23)25/h2-9,11H,10H2,1H3/t11-/m1/s1. The van der Waals surface area contributed by atoms with Crippen LogP contribution in [0.5, 0.6) is 5.75 Å². The van der Waals surface area contributed by atoms with Crippen molar-refractivity contribution in [2.24, 2.45) is 0 Å². The van der Waals surface area contributed by atoms with Crippen LogP contribution in [0.3, 0.4) is 0 Å². The van der Waals surface area contributed by atoms with Crippen molar-refractivity contribution < 1.29 is 23.1 Å². The zero-order valence-corrected chi connectivity index (χ0v) is 15.5. The van der Waals surface area contributed by atoms with Gasteiger partial charge in [0.15, 0.2) is 17.7 Å². The maximum absolute atomic E-state index is 13.7. The number of para-hydroxylation sites is 1. The fourth-order valence-electron chi connectivity index (χ4n) is 2.70. The van der Waals surface area contributed by atoms with Crippen LogP contribution in [0.15, 0.2) is 58.2 Å². The van der Waals surface area contributed by atoms with Crippen molar-refractivity contribution in [3.8, 4) is 5.75 Å². The molecule has 1 atom stereocenters. The number of carbonyl (C=O) groups is 2. The van der Waals surface area contributed by atoms with E-state index in [1.54, 1.807) is 43.3 Å². The van der Waals surface area contributed by atoms with E-state index in [1.165, 1.54) is 12.1 Å².